The summed E-state index contributed by atoms with van der Waals surface area (Å²) in [6, 6.07) is 1.60. The van der Waals surface area contributed by atoms with E-state index in [0.717, 1.165) is 12.1 Å². The zero-order chi connectivity index (χ0) is 11.6. The van der Waals surface area contributed by atoms with Gasteiger partial charge in [-0.25, -0.2) is 0 Å². The second-order valence-electron chi connectivity index (χ2n) is 5.61. The van der Waals surface area contributed by atoms with Crippen LogP contribution in [0, 0.1) is 0 Å². The van der Waals surface area contributed by atoms with E-state index < -0.39 is 0 Å². The summed E-state index contributed by atoms with van der Waals surface area (Å²) in [5, 5.41) is 3.73. The van der Waals surface area contributed by atoms with Gasteiger partial charge in [-0.15, -0.1) is 12.4 Å². The van der Waals surface area contributed by atoms with Crippen LogP contribution >= 0.6 is 12.4 Å². The Bertz CT molecular complexity index is 161. The van der Waals surface area contributed by atoms with Crippen LogP contribution in [0.15, 0.2) is 0 Å². The van der Waals surface area contributed by atoms with Crippen LogP contribution in [-0.2, 0) is 0 Å². The molecule has 104 valence electrons. The maximum absolute atomic E-state index is 3.73. The van der Waals surface area contributed by atoms with Crippen molar-refractivity contribution in [3.05, 3.63) is 0 Å². The molecule has 0 unspecified atom stereocenters. The van der Waals surface area contributed by atoms with Crippen molar-refractivity contribution in [2.75, 3.05) is 0 Å². The standard InChI is InChI=1S/C15H31N.ClH/c1-3-4-5-6-7-8-9-12-15-13-10-11-14(2)16-15;/h14-16H,3-13H2,1-2H3;1H/t14-,15+;/m0./s1. The van der Waals surface area contributed by atoms with Gasteiger partial charge in [0.15, 0.2) is 0 Å². The Morgan fingerprint density at radius 3 is 2.24 bits per heavy atom. The van der Waals surface area contributed by atoms with Crippen LogP contribution in [0.2, 0.25) is 0 Å². The summed E-state index contributed by atoms with van der Waals surface area (Å²) in [6.45, 7) is 4.62. The third-order valence-electron chi connectivity index (χ3n) is 3.87. The molecule has 0 aromatic heterocycles. The highest BCUT2D eigenvalue weighted by molar-refractivity contribution is 5.85. The van der Waals surface area contributed by atoms with Gasteiger partial charge in [-0.3, -0.25) is 0 Å². The molecule has 1 nitrogen and oxygen atoms in total. The minimum Gasteiger partial charge on any atom is -0.312 e. The minimum atomic E-state index is 0. The van der Waals surface area contributed by atoms with Crippen molar-refractivity contribution < 1.29 is 0 Å². The molecule has 1 aliphatic heterocycles. The Morgan fingerprint density at radius 1 is 0.941 bits per heavy atom. The SMILES string of the molecule is CCCCCCCCC[C@@H]1CCC[C@H](C)N1.Cl. The van der Waals surface area contributed by atoms with E-state index in [1.165, 1.54) is 70.6 Å². The largest absolute Gasteiger partial charge is 0.312 e. The highest BCUT2D eigenvalue weighted by atomic mass is 35.5. The average molecular weight is 262 g/mol. The Morgan fingerprint density at radius 2 is 1.59 bits per heavy atom. The van der Waals surface area contributed by atoms with Crippen LogP contribution in [0.25, 0.3) is 0 Å². The normalized spacial score (nSPS) is 24.4. The average Bonchev–Trinajstić information content (AvgIpc) is 2.28. The molecule has 1 rings (SSSR count). The quantitative estimate of drug-likeness (QED) is 0.601. The number of rotatable bonds is 8. The smallest absolute Gasteiger partial charge is 0.00695 e. The van der Waals surface area contributed by atoms with Crippen molar-refractivity contribution in [3.63, 3.8) is 0 Å². The number of halogens is 1. The molecule has 1 heterocycles. The predicted octanol–water partition coefficient (Wildman–Crippen LogP) is 5.08. The zero-order valence-electron chi connectivity index (χ0n) is 11.8. The molecule has 1 aliphatic rings. The molecule has 0 amide bonds. The van der Waals surface area contributed by atoms with Gasteiger partial charge in [0.2, 0.25) is 0 Å². The molecular weight excluding hydrogens is 230 g/mol. The molecule has 1 fully saturated rings. The number of hydrogen-bond donors (Lipinski definition) is 1. The van der Waals surface area contributed by atoms with Crippen molar-refractivity contribution in [1.82, 2.24) is 5.32 Å². The molecule has 0 radical (unpaired) electrons. The summed E-state index contributed by atoms with van der Waals surface area (Å²) in [4.78, 5) is 0. The summed E-state index contributed by atoms with van der Waals surface area (Å²) in [5.41, 5.74) is 0. The first-order chi connectivity index (χ1) is 7.83. The molecule has 0 spiro atoms. The highest BCUT2D eigenvalue weighted by Gasteiger charge is 2.16. The van der Waals surface area contributed by atoms with Crippen molar-refractivity contribution in [2.24, 2.45) is 0 Å². The first-order valence-electron chi connectivity index (χ1n) is 7.59. The lowest BCUT2D eigenvalue weighted by Crippen LogP contribution is -2.40. The third kappa shape index (κ3) is 8.90. The summed E-state index contributed by atoms with van der Waals surface area (Å²) < 4.78 is 0. The molecule has 17 heavy (non-hydrogen) atoms. The molecular formula is C15H32ClN. The van der Waals surface area contributed by atoms with Gasteiger partial charge in [0.05, 0.1) is 0 Å². The Hall–Kier alpha value is 0.250. The van der Waals surface area contributed by atoms with Crippen LogP contribution in [0.5, 0.6) is 0 Å². The van der Waals surface area contributed by atoms with Gasteiger partial charge in [-0.2, -0.15) is 0 Å². The maximum atomic E-state index is 3.73. The zero-order valence-corrected chi connectivity index (χ0v) is 12.7. The summed E-state index contributed by atoms with van der Waals surface area (Å²) in [6.07, 6.45) is 15.7. The second kappa shape index (κ2) is 11.3. The van der Waals surface area contributed by atoms with Gasteiger partial charge in [-0.1, -0.05) is 58.3 Å². The van der Waals surface area contributed by atoms with E-state index in [9.17, 15) is 0 Å². The van der Waals surface area contributed by atoms with Gasteiger partial charge in [0.1, 0.15) is 0 Å². The lowest BCUT2D eigenvalue weighted by molar-refractivity contribution is 0.314. The van der Waals surface area contributed by atoms with Crippen molar-refractivity contribution >= 4 is 12.4 Å². The van der Waals surface area contributed by atoms with Gasteiger partial charge < -0.3 is 5.32 Å². The van der Waals surface area contributed by atoms with Crippen molar-refractivity contribution in [2.45, 2.75) is 96.6 Å². The topological polar surface area (TPSA) is 12.0 Å². The molecule has 1 saturated heterocycles. The van der Waals surface area contributed by atoms with Gasteiger partial charge in [0, 0.05) is 12.1 Å². The van der Waals surface area contributed by atoms with Crippen LogP contribution in [0.4, 0.5) is 0 Å². The first kappa shape index (κ1) is 17.2. The van der Waals surface area contributed by atoms with Crippen molar-refractivity contribution in [1.29, 1.82) is 0 Å². The molecule has 0 aliphatic carbocycles. The monoisotopic (exact) mass is 261 g/mol. The van der Waals surface area contributed by atoms with Crippen LogP contribution < -0.4 is 5.32 Å². The fourth-order valence-corrected chi connectivity index (χ4v) is 2.81. The van der Waals surface area contributed by atoms with Crippen molar-refractivity contribution in [3.8, 4) is 0 Å². The van der Waals surface area contributed by atoms with Crippen LogP contribution in [-0.4, -0.2) is 12.1 Å². The van der Waals surface area contributed by atoms with E-state index in [1.807, 2.05) is 0 Å². The van der Waals surface area contributed by atoms with Gasteiger partial charge in [-0.05, 0) is 26.2 Å². The fourth-order valence-electron chi connectivity index (χ4n) is 2.81. The van der Waals surface area contributed by atoms with E-state index in [-0.39, 0.29) is 12.4 Å². The summed E-state index contributed by atoms with van der Waals surface area (Å²) in [5.74, 6) is 0. The number of unbranched alkanes of at least 4 members (excludes halogenated alkanes) is 6. The Labute approximate surface area is 115 Å². The van der Waals surface area contributed by atoms with E-state index in [1.54, 1.807) is 0 Å². The van der Waals surface area contributed by atoms with E-state index in [4.69, 9.17) is 0 Å². The van der Waals surface area contributed by atoms with Crippen LogP contribution in [0.1, 0.15) is 84.5 Å². The lowest BCUT2D eigenvalue weighted by Gasteiger charge is -2.28. The summed E-state index contributed by atoms with van der Waals surface area (Å²) >= 11 is 0. The Balaban J connectivity index is 0.00000256. The fraction of sp³-hybridized carbons (Fsp3) is 1.00. The van der Waals surface area contributed by atoms with E-state index in [0.29, 0.717) is 0 Å². The molecule has 0 aromatic rings. The van der Waals surface area contributed by atoms with E-state index >= 15 is 0 Å². The predicted molar refractivity (Wildman–Crippen MR) is 80.1 cm³/mol. The molecule has 0 bridgehead atoms. The number of piperidine rings is 1. The van der Waals surface area contributed by atoms with Gasteiger partial charge >= 0.3 is 0 Å². The van der Waals surface area contributed by atoms with E-state index in [2.05, 4.69) is 19.2 Å². The number of nitrogens with one attached hydrogen (secondary N) is 1. The molecule has 0 saturated carbocycles. The van der Waals surface area contributed by atoms with Gasteiger partial charge in [0.25, 0.3) is 0 Å². The lowest BCUT2D eigenvalue weighted by atomic mass is 9.95. The summed E-state index contributed by atoms with van der Waals surface area (Å²) in [7, 11) is 0. The molecule has 1 N–H and O–H groups in total. The molecule has 0 aromatic carbocycles. The van der Waals surface area contributed by atoms with Crippen LogP contribution in [0.3, 0.4) is 0 Å². The third-order valence-corrected chi connectivity index (χ3v) is 3.87. The maximum Gasteiger partial charge on any atom is 0.00695 e. The first-order valence-corrected chi connectivity index (χ1v) is 7.59. The second-order valence-corrected chi connectivity index (χ2v) is 5.61. The number of hydrogen-bond acceptors (Lipinski definition) is 1. The Kier molecular flexibility index (Phi) is 11.5. The molecule has 2 atom stereocenters. The molecule has 2 heteroatoms. The highest BCUT2D eigenvalue weighted by Crippen LogP contribution is 2.17. The minimum absolute atomic E-state index is 0.